The Bertz CT molecular complexity index is 1340. The summed E-state index contributed by atoms with van der Waals surface area (Å²) < 4.78 is 94.8. The number of urea groups is 1. The number of rotatable bonds is 11. The maximum absolute atomic E-state index is 14.0. The van der Waals surface area contributed by atoms with Gasteiger partial charge in [0.05, 0.1) is 13.2 Å². The zero-order chi connectivity index (χ0) is 31.8. The summed E-state index contributed by atoms with van der Waals surface area (Å²) in [4.78, 5) is 27.0. The second kappa shape index (κ2) is 12.0. The lowest BCUT2D eigenvalue weighted by atomic mass is 9.84. The molecule has 0 spiro atoms. The van der Waals surface area contributed by atoms with Crippen LogP contribution >= 0.6 is 0 Å². The molecule has 2 heterocycles. The molecule has 12 heteroatoms. The molecule has 0 aliphatic carbocycles. The van der Waals surface area contributed by atoms with Gasteiger partial charge in [0.2, 0.25) is 0 Å². The Morgan fingerprint density at radius 1 is 0.977 bits per heavy atom. The van der Waals surface area contributed by atoms with Crippen molar-refractivity contribution in [1.82, 2.24) is 10.2 Å². The van der Waals surface area contributed by atoms with E-state index in [9.17, 15) is 35.9 Å². The van der Waals surface area contributed by atoms with E-state index in [2.05, 4.69) is 10.1 Å². The van der Waals surface area contributed by atoms with Crippen LogP contribution in [0.4, 0.5) is 31.1 Å². The van der Waals surface area contributed by atoms with Gasteiger partial charge in [-0.3, -0.25) is 9.69 Å². The lowest BCUT2D eigenvalue weighted by Gasteiger charge is -2.34. The topological polar surface area (TPSA) is 67.9 Å². The average molecular weight is 615 g/mol. The fraction of sp³-hybridized carbons (Fsp3) is 0.548. The van der Waals surface area contributed by atoms with Crippen LogP contribution in [0.5, 0.6) is 5.75 Å². The third kappa shape index (κ3) is 5.70. The number of carbonyl (C=O) groups excluding carboxylic acids is 2. The molecule has 1 atom stereocenters. The van der Waals surface area contributed by atoms with Crippen LogP contribution in [0.3, 0.4) is 0 Å². The van der Waals surface area contributed by atoms with E-state index >= 15 is 0 Å². The number of benzene rings is 2. The van der Waals surface area contributed by atoms with E-state index in [0.717, 1.165) is 16.5 Å². The molecule has 2 aromatic rings. The van der Waals surface area contributed by atoms with Crippen LogP contribution in [0.1, 0.15) is 79.8 Å². The van der Waals surface area contributed by atoms with Crippen molar-refractivity contribution in [3.63, 3.8) is 0 Å². The Labute approximate surface area is 246 Å². The molecule has 6 nitrogen and oxygen atoms in total. The zero-order valence-electron chi connectivity index (χ0n) is 24.6. The number of ether oxygens (including phenoxy) is 2. The van der Waals surface area contributed by atoms with E-state index in [1.54, 1.807) is 32.9 Å². The lowest BCUT2D eigenvalue weighted by molar-refractivity contribution is -0.385. The first kappa shape index (κ1) is 32.6. The fourth-order valence-electron chi connectivity index (χ4n) is 5.87. The third-order valence-electron chi connectivity index (χ3n) is 8.13. The highest BCUT2D eigenvalue weighted by Gasteiger charge is 2.76. The van der Waals surface area contributed by atoms with Gasteiger partial charge in [0.15, 0.2) is 0 Å². The van der Waals surface area contributed by atoms with Gasteiger partial charge in [-0.05, 0) is 62.3 Å². The SMILES string of the molecule is CCCc1cc2c(c(CCC)c1OCCCCN1C(=O)NC(C)(c3ccc(C)cc3)C1=O)COC2(C(F)(F)F)C(F)(F)F. The van der Waals surface area contributed by atoms with Gasteiger partial charge in [0.1, 0.15) is 11.3 Å². The quantitative estimate of drug-likeness (QED) is 0.163. The third-order valence-corrected chi connectivity index (χ3v) is 8.13. The Morgan fingerprint density at radius 3 is 2.19 bits per heavy atom. The molecule has 1 saturated heterocycles. The van der Waals surface area contributed by atoms with Gasteiger partial charge in [-0.25, -0.2) is 4.79 Å². The first-order chi connectivity index (χ1) is 20.1. The first-order valence-electron chi connectivity index (χ1n) is 14.4. The molecule has 0 aromatic heterocycles. The number of hydrogen-bond acceptors (Lipinski definition) is 4. The molecule has 236 valence electrons. The number of halogens is 6. The Balaban J connectivity index is 1.51. The Hall–Kier alpha value is -3.28. The number of carbonyl (C=O) groups is 2. The lowest BCUT2D eigenvalue weighted by Crippen LogP contribution is -2.53. The minimum absolute atomic E-state index is 0.0929. The molecule has 43 heavy (non-hydrogen) atoms. The molecular formula is C31H36F6N2O4. The highest BCUT2D eigenvalue weighted by Crippen LogP contribution is 2.58. The molecular weight excluding hydrogens is 578 g/mol. The van der Waals surface area contributed by atoms with Gasteiger partial charge in [-0.1, -0.05) is 56.5 Å². The minimum Gasteiger partial charge on any atom is -0.493 e. The maximum Gasteiger partial charge on any atom is 0.430 e. The van der Waals surface area contributed by atoms with Crippen molar-refractivity contribution in [3.8, 4) is 5.75 Å². The Morgan fingerprint density at radius 2 is 1.60 bits per heavy atom. The van der Waals surface area contributed by atoms with E-state index in [1.165, 1.54) is 0 Å². The van der Waals surface area contributed by atoms with E-state index in [-0.39, 0.29) is 48.8 Å². The molecule has 2 aromatic carbocycles. The summed E-state index contributed by atoms with van der Waals surface area (Å²) in [6.07, 6.45) is -9.28. The van der Waals surface area contributed by atoms with Crippen molar-refractivity contribution in [1.29, 1.82) is 0 Å². The molecule has 4 rings (SSSR count). The molecule has 1 N–H and O–H groups in total. The predicted molar refractivity (Wildman–Crippen MR) is 147 cm³/mol. The van der Waals surface area contributed by atoms with Gasteiger partial charge in [0, 0.05) is 17.7 Å². The van der Waals surface area contributed by atoms with Gasteiger partial charge >= 0.3 is 18.4 Å². The second-order valence-electron chi connectivity index (χ2n) is 11.3. The van der Waals surface area contributed by atoms with E-state index < -0.39 is 41.7 Å². The number of nitrogens with one attached hydrogen (secondary N) is 1. The zero-order valence-corrected chi connectivity index (χ0v) is 24.6. The van der Waals surface area contributed by atoms with Crippen LogP contribution in [-0.4, -0.2) is 42.3 Å². The predicted octanol–water partition coefficient (Wildman–Crippen LogP) is 7.38. The molecule has 3 amide bonds. The number of amides is 3. The van der Waals surface area contributed by atoms with E-state index in [1.807, 2.05) is 19.1 Å². The normalized spacial score (nSPS) is 20.0. The minimum atomic E-state index is -5.71. The second-order valence-corrected chi connectivity index (χ2v) is 11.3. The molecule has 1 unspecified atom stereocenters. The number of hydrogen-bond donors (Lipinski definition) is 1. The van der Waals surface area contributed by atoms with Crippen molar-refractivity contribution in [2.45, 2.75) is 96.3 Å². The van der Waals surface area contributed by atoms with Gasteiger partial charge in [0.25, 0.3) is 11.5 Å². The fourth-order valence-corrected chi connectivity index (χ4v) is 5.87. The van der Waals surface area contributed by atoms with E-state index in [4.69, 9.17) is 4.74 Å². The van der Waals surface area contributed by atoms with Crippen LogP contribution in [0.25, 0.3) is 0 Å². The van der Waals surface area contributed by atoms with Gasteiger partial charge < -0.3 is 14.8 Å². The summed E-state index contributed by atoms with van der Waals surface area (Å²) in [5.41, 5.74) is -4.41. The number of nitrogens with zero attached hydrogens (tertiary/aromatic N) is 1. The molecule has 2 aliphatic rings. The van der Waals surface area contributed by atoms with Gasteiger partial charge in [-0.2, -0.15) is 26.3 Å². The molecule has 0 radical (unpaired) electrons. The Kier molecular flexibility index (Phi) is 9.12. The van der Waals surface area contributed by atoms with E-state index in [0.29, 0.717) is 36.8 Å². The summed E-state index contributed by atoms with van der Waals surface area (Å²) in [5.74, 6) is -0.0951. The van der Waals surface area contributed by atoms with Crippen LogP contribution in [0, 0.1) is 6.92 Å². The summed E-state index contributed by atoms with van der Waals surface area (Å²) in [6, 6.07) is 7.73. The average Bonchev–Trinajstić information content (AvgIpc) is 3.42. The van der Waals surface area contributed by atoms with Crippen LogP contribution in [-0.2, 0) is 40.1 Å². The smallest absolute Gasteiger partial charge is 0.430 e. The van der Waals surface area contributed by atoms with Crippen molar-refractivity contribution in [2.24, 2.45) is 0 Å². The molecule has 2 aliphatic heterocycles. The summed E-state index contributed by atoms with van der Waals surface area (Å²) in [7, 11) is 0. The van der Waals surface area contributed by atoms with Crippen LogP contribution < -0.4 is 10.1 Å². The van der Waals surface area contributed by atoms with Gasteiger partial charge in [-0.15, -0.1) is 0 Å². The number of aryl methyl sites for hydroxylation is 2. The highest BCUT2D eigenvalue weighted by molar-refractivity contribution is 6.07. The van der Waals surface area contributed by atoms with Crippen molar-refractivity contribution >= 4 is 11.9 Å². The van der Waals surface area contributed by atoms with Crippen LogP contribution in [0.15, 0.2) is 30.3 Å². The standard InChI is InChI=1S/C31H36F6N2O4/c1-5-9-20-17-24-23(18-43-29(24,30(32,33)34)31(35,36)37)22(10-6-2)25(20)42-16-8-7-15-39-26(40)28(4,38-27(39)41)21-13-11-19(3)12-14-21/h11-14,17H,5-10,15-16,18H2,1-4H3,(H,38,41). The number of alkyl halides is 6. The maximum atomic E-state index is 14.0. The van der Waals surface area contributed by atoms with Crippen LogP contribution in [0.2, 0.25) is 0 Å². The summed E-state index contributed by atoms with van der Waals surface area (Å²) in [5, 5.41) is 2.76. The largest absolute Gasteiger partial charge is 0.493 e. The number of fused-ring (bicyclic) bond motifs is 1. The summed E-state index contributed by atoms with van der Waals surface area (Å²) >= 11 is 0. The molecule has 0 saturated carbocycles. The van der Waals surface area contributed by atoms with Crippen molar-refractivity contribution in [2.75, 3.05) is 13.2 Å². The van der Waals surface area contributed by atoms with Crippen molar-refractivity contribution in [3.05, 3.63) is 63.7 Å². The highest BCUT2D eigenvalue weighted by atomic mass is 19.4. The van der Waals surface area contributed by atoms with Crippen molar-refractivity contribution < 1.29 is 45.4 Å². The number of imide groups is 1. The number of unbranched alkanes of at least 4 members (excludes halogenated alkanes) is 1. The summed E-state index contributed by atoms with van der Waals surface area (Å²) in [6.45, 7) is 6.50. The monoisotopic (exact) mass is 614 g/mol. The first-order valence-corrected chi connectivity index (χ1v) is 14.4. The molecule has 0 bridgehead atoms. The molecule has 1 fully saturated rings.